The number of allylic oxidation sites excluding steroid dienone is 2. The Bertz CT molecular complexity index is 502. The molecular formula is C15H16O3. The van der Waals surface area contributed by atoms with Crippen LogP contribution in [0.15, 0.2) is 54.1 Å². The molecule has 0 bridgehead atoms. The molecule has 2 rings (SSSR count). The van der Waals surface area contributed by atoms with Crippen molar-refractivity contribution in [2.75, 3.05) is 0 Å². The predicted molar refractivity (Wildman–Crippen MR) is 69.3 cm³/mol. The fourth-order valence-electron chi connectivity index (χ4n) is 2.23. The number of benzene rings is 1. The van der Waals surface area contributed by atoms with Crippen LogP contribution in [-0.2, 0) is 4.79 Å². The lowest BCUT2D eigenvalue weighted by molar-refractivity contribution is -0.149. The van der Waals surface area contributed by atoms with Gasteiger partial charge in [0.05, 0.1) is 0 Å². The third-order valence-electron chi connectivity index (χ3n) is 3.26. The van der Waals surface area contributed by atoms with Gasteiger partial charge >= 0.3 is 5.97 Å². The molecule has 0 fully saturated rings. The molecule has 2 N–H and O–H groups in total. The topological polar surface area (TPSA) is 57.5 Å². The molecule has 0 spiro atoms. The maximum atomic E-state index is 11.0. The van der Waals surface area contributed by atoms with E-state index in [0.717, 1.165) is 11.1 Å². The van der Waals surface area contributed by atoms with Crippen LogP contribution in [0.25, 0.3) is 0 Å². The summed E-state index contributed by atoms with van der Waals surface area (Å²) >= 11 is 0. The highest BCUT2D eigenvalue weighted by molar-refractivity contribution is 5.83. The first-order chi connectivity index (χ1) is 8.57. The van der Waals surface area contributed by atoms with E-state index in [1.165, 1.54) is 12.2 Å². The summed E-state index contributed by atoms with van der Waals surface area (Å²) in [5.74, 6) is -1.19. The zero-order valence-corrected chi connectivity index (χ0v) is 10.2. The third kappa shape index (κ3) is 2.22. The van der Waals surface area contributed by atoms with Crippen LogP contribution in [0.3, 0.4) is 0 Å². The molecule has 0 aromatic heterocycles. The maximum absolute atomic E-state index is 11.0. The van der Waals surface area contributed by atoms with Crippen LogP contribution in [0.2, 0.25) is 0 Å². The fourth-order valence-corrected chi connectivity index (χ4v) is 2.23. The number of hydrogen-bond donors (Lipinski definition) is 2. The predicted octanol–water partition coefficient (Wildman–Crippen LogP) is 2.49. The molecule has 0 heterocycles. The van der Waals surface area contributed by atoms with Crippen LogP contribution >= 0.6 is 0 Å². The molecule has 1 aliphatic carbocycles. The average Bonchev–Trinajstić information content (AvgIpc) is 2.39. The van der Waals surface area contributed by atoms with Crippen LogP contribution in [0, 0.1) is 0 Å². The lowest BCUT2D eigenvalue weighted by Gasteiger charge is -2.27. The van der Waals surface area contributed by atoms with Gasteiger partial charge in [0.15, 0.2) is 5.60 Å². The van der Waals surface area contributed by atoms with Crippen molar-refractivity contribution in [3.63, 3.8) is 0 Å². The number of carboxylic acid groups (broad SMARTS) is 1. The van der Waals surface area contributed by atoms with Gasteiger partial charge in [-0.1, -0.05) is 48.9 Å². The summed E-state index contributed by atoms with van der Waals surface area (Å²) in [5.41, 5.74) is 0.166. The second-order valence-corrected chi connectivity index (χ2v) is 4.45. The number of carbonyl (C=O) groups is 1. The summed E-state index contributed by atoms with van der Waals surface area (Å²) in [5, 5.41) is 19.0. The minimum Gasteiger partial charge on any atom is -0.479 e. The van der Waals surface area contributed by atoms with Crippen LogP contribution in [0.5, 0.6) is 0 Å². The molecule has 0 saturated heterocycles. The van der Waals surface area contributed by atoms with Crippen molar-refractivity contribution in [3.05, 3.63) is 59.7 Å². The van der Waals surface area contributed by atoms with E-state index in [1.807, 2.05) is 37.3 Å². The Morgan fingerprint density at radius 2 is 2.00 bits per heavy atom. The van der Waals surface area contributed by atoms with Crippen molar-refractivity contribution < 1.29 is 15.0 Å². The number of rotatable bonds is 3. The number of aliphatic hydroxyl groups is 1. The smallest absolute Gasteiger partial charge is 0.343 e. The minimum atomic E-state index is -1.86. The first kappa shape index (κ1) is 12.6. The summed E-state index contributed by atoms with van der Waals surface area (Å²) in [7, 11) is 0. The van der Waals surface area contributed by atoms with Crippen LogP contribution in [0.1, 0.15) is 24.8 Å². The highest BCUT2D eigenvalue weighted by Gasteiger charge is 2.35. The molecule has 0 amide bonds. The van der Waals surface area contributed by atoms with Crippen molar-refractivity contribution in [1.29, 1.82) is 0 Å². The molecule has 2 atom stereocenters. The van der Waals surface area contributed by atoms with Gasteiger partial charge in [0.25, 0.3) is 0 Å². The molecule has 0 radical (unpaired) electrons. The number of hydrogen-bond acceptors (Lipinski definition) is 2. The average molecular weight is 244 g/mol. The van der Waals surface area contributed by atoms with Crippen molar-refractivity contribution in [3.8, 4) is 0 Å². The van der Waals surface area contributed by atoms with E-state index in [4.69, 9.17) is 5.11 Å². The summed E-state index contributed by atoms with van der Waals surface area (Å²) in [6.45, 7) is 1.96. The van der Waals surface area contributed by atoms with Gasteiger partial charge < -0.3 is 10.2 Å². The van der Waals surface area contributed by atoms with Gasteiger partial charge in [0, 0.05) is 5.92 Å². The summed E-state index contributed by atoms with van der Waals surface area (Å²) in [4.78, 5) is 11.0. The van der Waals surface area contributed by atoms with Crippen molar-refractivity contribution >= 4 is 5.97 Å². The van der Waals surface area contributed by atoms with E-state index in [9.17, 15) is 9.90 Å². The Balaban J connectivity index is 2.38. The monoisotopic (exact) mass is 244 g/mol. The largest absolute Gasteiger partial charge is 0.479 e. The SMILES string of the molecule is CCC1=CC(O)(C(=O)O)C=CC1c1ccccc1. The molecule has 0 saturated carbocycles. The van der Waals surface area contributed by atoms with E-state index >= 15 is 0 Å². The van der Waals surface area contributed by atoms with E-state index in [0.29, 0.717) is 6.42 Å². The normalized spacial score (nSPS) is 26.8. The third-order valence-corrected chi connectivity index (χ3v) is 3.26. The Morgan fingerprint density at radius 1 is 1.33 bits per heavy atom. The molecular weight excluding hydrogens is 228 g/mol. The zero-order chi connectivity index (χ0) is 13.2. The summed E-state index contributed by atoms with van der Waals surface area (Å²) < 4.78 is 0. The van der Waals surface area contributed by atoms with Gasteiger partial charge in [-0.15, -0.1) is 0 Å². The first-order valence-electron chi connectivity index (χ1n) is 5.98. The van der Waals surface area contributed by atoms with E-state index in [-0.39, 0.29) is 5.92 Å². The van der Waals surface area contributed by atoms with Gasteiger partial charge in [-0.05, 0) is 24.1 Å². The zero-order valence-electron chi connectivity index (χ0n) is 10.2. The van der Waals surface area contributed by atoms with E-state index in [1.54, 1.807) is 6.08 Å². The molecule has 1 aliphatic rings. The lowest BCUT2D eigenvalue weighted by Crippen LogP contribution is -2.36. The van der Waals surface area contributed by atoms with Crippen molar-refractivity contribution in [1.82, 2.24) is 0 Å². The molecule has 94 valence electrons. The van der Waals surface area contributed by atoms with Gasteiger partial charge in [0.2, 0.25) is 0 Å². The van der Waals surface area contributed by atoms with E-state index in [2.05, 4.69) is 0 Å². The Morgan fingerprint density at radius 3 is 2.56 bits per heavy atom. The molecule has 3 nitrogen and oxygen atoms in total. The Labute approximate surface area is 106 Å². The molecule has 2 unspecified atom stereocenters. The second kappa shape index (κ2) is 4.78. The van der Waals surface area contributed by atoms with Crippen molar-refractivity contribution in [2.45, 2.75) is 24.9 Å². The summed E-state index contributed by atoms with van der Waals surface area (Å²) in [6, 6.07) is 9.86. The van der Waals surface area contributed by atoms with Gasteiger partial charge in [0.1, 0.15) is 0 Å². The fraction of sp³-hybridized carbons (Fsp3) is 0.267. The molecule has 1 aromatic rings. The minimum absolute atomic E-state index is 0.0517. The van der Waals surface area contributed by atoms with Crippen molar-refractivity contribution in [2.24, 2.45) is 0 Å². The van der Waals surface area contributed by atoms with Crippen LogP contribution in [0.4, 0.5) is 0 Å². The molecule has 3 heteroatoms. The lowest BCUT2D eigenvalue weighted by atomic mass is 9.81. The van der Waals surface area contributed by atoms with Gasteiger partial charge in [-0.3, -0.25) is 0 Å². The number of carboxylic acids is 1. The maximum Gasteiger partial charge on any atom is 0.343 e. The Hall–Kier alpha value is -1.87. The molecule has 18 heavy (non-hydrogen) atoms. The molecule has 0 aliphatic heterocycles. The van der Waals surface area contributed by atoms with Gasteiger partial charge in [-0.2, -0.15) is 0 Å². The number of aliphatic carboxylic acids is 1. The highest BCUT2D eigenvalue weighted by atomic mass is 16.4. The molecule has 1 aromatic carbocycles. The quantitative estimate of drug-likeness (QED) is 0.803. The van der Waals surface area contributed by atoms with Crippen LogP contribution < -0.4 is 0 Å². The van der Waals surface area contributed by atoms with Crippen LogP contribution in [-0.4, -0.2) is 21.8 Å². The summed E-state index contributed by atoms with van der Waals surface area (Å²) in [6.07, 6.45) is 5.28. The second-order valence-electron chi connectivity index (χ2n) is 4.45. The van der Waals surface area contributed by atoms with E-state index < -0.39 is 11.6 Å². The van der Waals surface area contributed by atoms with Gasteiger partial charge in [-0.25, -0.2) is 4.79 Å². The standard InChI is InChI=1S/C15H16O3/c1-2-11-10-15(18,14(16)17)9-8-13(11)12-6-4-3-5-7-12/h3-10,13,18H,2H2,1H3,(H,16,17). The highest BCUT2D eigenvalue weighted by Crippen LogP contribution is 2.34. The first-order valence-corrected chi connectivity index (χ1v) is 5.98. The Kier molecular flexibility index (Phi) is 3.34.